The van der Waals surface area contributed by atoms with Crippen molar-refractivity contribution in [3.05, 3.63) is 48.0 Å². The molecule has 2 aliphatic rings. The molecule has 0 spiro atoms. The van der Waals surface area contributed by atoms with Crippen LogP contribution in [0.4, 0.5) is 0 Å². The number of carbonyl (C=O) groups excluding carboxylic acids is 4. The molecule has 40 heavy (non-hydrogen) atoms. The zero-order valence-electron chi connectivity index (χ0n) is 23.6. The number of hydrogen-bond acceptors (Lipinski definition) is 4. The molecule has 2 saturated heterocycles. The van der Waals surface area contributed by atoms with E-state index in [1.807, 2.05) is 42.5 Å². The summed E-state index contributed by atoms with van der Waals surface area (Å²) < 4.78 is 0. The lowest BCUT2D eigenvalue weighted by Crippen LogP contribution is -2.54. The fourth-order valence-corrected chi connectivity index (χ4v) is 5.73. The summed E-state index contributed by atoms with van der Waals surface area (Å²) in [5.41, 5.74) is 1.01. The van der Waals surface area contributed by atoms with E-state index >= 15 is 0 Å². The van der Waals surface area contributed by atoms with E-state index in [-0.39, 0.29) is 24.1 Å². The predicted octanol–water partition coefficient (Wildman–Crippen LogP) is 4.35. The molecule has 2 unspecified atom stereocenters. The SMILES string of the molecule is O=C1CCCCCCCCCCC(C(=O)NCc2cccc3ccccc23)NC(=O)C(CC(=O)N2CCCC2)N1. The Morgan fingerprint density at radius 3 is 2.25 bits per heavy atom. The highest BCUT2D eigenvalue weighted by atomic mass is 16.2. The molecule has 2 heterocycles. The fourth-order valence-electron chi connectivity index (χ4n) is 5.73. The van der Waals surface area contributed by atoms with Crippen molar-refractivity contribution < 1.29 is 19.2 Å². The minimum absolute atomic E-state index is 0.0953. The Hall–Kier alpha value is -3.42. The summed E-state index contributed by atoms with van der Waals surface area (Å²) in [6, 6.07) is 12.3. The molecule has 216 valence electrons. The van der Waals surface area contributed by atoms with Crippen molar-refractivity contribution in [1.29, 1.82) is 0 Å². The van der Waals surface area contributed by atoms with Gasteiger partial charge >= 0.3 is 0 Å². The second-order valence-corrected chi connectivity index (χ2v) is 11.2. The second-order valence-electron chi connectivity index (χ2n) is 11.2. The van der Waals surface area contributed by atoms with E-state index in [1.54, 1.807) is 4.90 Å². The molecule has 2 aromatic rings. The molecule has 0 saturated carbocycles. The summed E-state index contributed by atoms with van der Waals surface area (Å²) in [4.78, 5) is 54.3. The van der Waals surface area contributed by atoms with Crippen LogP contribution in [0.15, 0.2) is 42.5 Å². The molecule has 0 aromatic heterocycles. The number of carbonyl (C=O) groups is 4. The number of nitrogens with zero attached hydrogens (tertiary/aromatic N) is 1. The zero-order valence-corrected chi connectivity index (χ0v) is 23.6. The second kappa shape index (κ2) is 15.4. The maximum atomic E-state index is 13.5. The number of hydrogen-bond donors (Lipinski definition) is 3. The van der Waals surface area contributed by atoms with Crippen LogP contribution >= 0.6 is 0 Å². The normalized spacial score (nSPS) is 21.9. The number of benzene rings is 2. The first-order valence-electron chi connectivity index (χ1n) is 15.1. The van der Waals surface area contributed by atoms with Crippen molar-refractivity contribution in [3.8, 4) is 0 Å². The van der Waals surface area contributed by atoms with Crippen LogP contribution in [0.5, 0.6) is 0 Å². The van der Waals surface area contributed by atoms with Crippen molar-refractivity contribution in [2.24, 2.45) is 0 Å². The summed E-state index contributed by atoms with van der Waals surface area (Å²) in [6.07, 6.45) is 10.7. The van der Waals surface area contributed by atoms with E-state index in [0.29, 0.717) is 32.5 Å². The lowest BCUT2D eigenvalue weighted by molar-refractivity contribution is -0.136. The number of fused-ring (bicyclic) bond motifs is 1. The van der Waals surface area contributed by atoms with Gasteiger partial charge in [-0.15, -0.1) is 0 Å². The van der Waals surface area contributed by atoms with Crippen molar-refractivity contribution >= 4 is 34.4 Å². The van der Waals surface area contributed by atoms with Gasteiger partial charge in [0.25, 0.3) is 0 Å². The van der Waals surface area contributed by atoms with Gasteiger partial charge in [-0.3, -0.25) is 19.2 Å². The van der Waals surface area contributed by atoms with E-state index in [4.69, 9.17) is 0 Å². The van der Waals surface area contributed by atoms with Crippen molar-refractivity contribution in [2.45, 2.75) is 102 Å². The van der Waals surface area contributed by atoms with E-state index in [0.717, 1.165) is 80.5 Å². The van der Waals surface area contributed by atoms with Gasteiger partial charge in [-0.25, -0.2) is 0 Å². The van der Waals surface area contributed by atoms with Crippen LogP contribution < -0.4 is 16.0 Å². The Morgan fingerprint density at radius 2 is 1.48 bits per heavy atom. The molecule has 3 N–H and O–H groups in total. The van der Waals surface area contributed by atoms with Gasteiger partial charge in [-0.2, -0.15) is 0 Å². The smallest absolute Gasteiger partial charge is 0.243 e. The number of nitrogens with one attached hydrogen (secondary N) is 3. The van der Waals surface area contributed by atoms with E-state index in [2.05, 4.69) is 16.0 Å². The molecule has 4 amide bonds. The third kappa shape index (κ3) is 8.80. The molecule has 2 atom stereocenters. The fraction of sp³-hybridized carbons (Fsp3) is 0.562. The van der Waals surface area contributed by atoms with E-state index < -0.39 is 18.0 Å². The zero-order chi connectivity index (χ0) is 28.2. The predicted molar refractivity (Wildman–Crippen MR) is 156 cm³/mol. The molecule has 2 fully saturated rings. The third-order valence-electron chi connectivity index (χ3n) is 8.10. The molecule has 4 rings (SSSR count). The lowest BCUT2D eigenvalue weighted by atomic mass is 10.0. The maximum absolute atomic E-state index is 13.5. The van der Waals surface area contributed by atoms with Crippen LogP contribution in [0.1, 0.15) is 89.0 Å². The molecular formula is C32H44N4O4. The lowest BCUT2D eigenvalue weighted by Gasteiger charge is -2.25. The Morgan fingerprint density at radius 1 is 0.800 bits per heavy atom. The molecule has 8 heteroatoms. The summed E-state index contributed by atoms with van der Waals surface area (Å²) in [5, 5.41) is 10.9. The highest BCUT2D eigenvalue weighted by molar-refractivity contribution is 5.95. The van der Waals surface area contributed by atoms with Crippen LogP contribution in [0.25, 0.3) is 10.8 Å². The molecule has 0 bridgehead atoms. The molecule has 0 radical (unpaired) electrons. The highest BCUT2D eigenvalue weighted by Gasteiger charge is 2.30. The standard InChI is InChI=1S/C32H44N4O4/c37-29-19-8-6-4-2-1-3-5-7-18-27(35-32(40)28(34-29)22-30(38)36-20-11-12-21-36)31(39)33-23-25-16-13-15-24-14-9-10-17-26(24)25/h9-10,13-17,27-28H,1-8,11-12,18-23H2,(H,33,39)(H,34,37)(H,35,40). The summed E-state index contributed by atoms with van der Waals surface area (Å²) in [5.74, 6) is -1.08. The summed E-state index contributed by atoms with van der Waals surface area (Å²) in [7, 11) is 0. The van der Waals surface area contributed by atoms with Gasteiger partial charge in [0, 0.05) is 26.1 Å². The number of rotatable bonds is 5. The van der Waals surface area contributed by atoms with Gasteiger partial charge in [0.1, 0.15) is 12.1 Å². The first-order chi connectivity index (χ1) is 19.5. The molecule has 0 aliphatic carbocycles. The highest BCUT2D eigenvalue weighted by Crippen LogP contribution is 2.19. The first-order valence-corrected chi connectivity index (χ1v) is 15.1. The summed E-state index contributed by atoms with van der Waals surface area (Å²) in [6.45, 7) is 1.71. The topological polar surface area (TPSA) is 108 Å². The summed E-state index contributed by atoms with van der Waals surface area (Å²) >= 11 is 0. The van der Waals surface area contributed by atoms with Gasteiger partial charge in [0.15, 0.2) is 0 Å². The van der Waals surface area contributed by atoms with Gasteiger partial charge in [-0.05, 0) is 42.0 Å². The van der Waals surface area contributed by atoms with Crippen molar-refractivity contribution in [1.82, 2.24) is 20.9 Å². The largest absolute Gasteiger partial charge is 0.350 e. The molecule has 2 aliphatic heterocycles. The third-order valence-corrected chi connectivity index (χ3v) is 8.10. The van der Waals surface area contributed by atoms with Crippen molar-refractivity contribution in [3.63, 3.8) is 0 Å². The molecule has 8 nitrogen and oxygen atoms in total. The molecular weight excluding hydrogens is 504 g/mol. The Bertz CT molecular complexity index is 1160. The van der Waals surface area contributed by atoms with Crippen LogP contribution in [-0.4, -0.2) is 53.7 Å². The minimum Gasteiger partial charge on any atom is -0.350 e. The van der Waals surface area contributed by atoms with Crippen molar-refractivity contribution in [2.75, 3.05) is 13.1 Å². The van der Waals surface area contributed by atoms with Crippen LogP contribution in [0, 0.1) is 0 Å². The van der Waals surface area contributed by atoms with Gasteiger partial charge in [-0.1, -0.05) is 87.4 Å². The van der Waals surface area contributed by atoms with Gasteiger partial charge in [0.05, 0.1) is 6.42 Å². The van der Waals surface area contributed by atoms with Crippen LogP contribution in [0.3, 0.4) is 0 Å². The Kier molecular flexibility index (Phi) is 11.4. The van der Waals surface area contributed by atoms with Gasteiger partial charge in [0.2, 0.25) is 23.6 Å². The maximum Gasteiger partial charge on any atom is 0.243 e. The number of amides is 4. The average Bonchev–Trinajstić information content (AvgIpc) is 3.50. The number of likely N-dealkylation sites (tertiary alicyclic amines) is 1. The van der Waals surface area contributed by atoms with Gasteiger partial charge < -0.3 is 20.9 Å². The monoisotopic (exact) mass is 548 g/mol. The van der Waals surface area contributed by atoms with Crippen LogP contribution in [-0.2, 0) is 25.7 Å². The molecule has 2 aromatic carbocycles. The first kappa shape index (κ1) is 29.6. The Balaban J connectivity index is 1.46. The van der Waals surface area contributed by atoms with E-state index in [1.165, 1.54) is 0 Å². The average molecular weight is 549 g/mol. The quantitative estimate of drug-likeness (QED) is 0.516. The Labute approximate surface area is 237 Å². The van der Waals surface area contributed by atoms with E-state index in [9.17, 15) is 19.2 Å². The van der Waals surface area contributed by atoms with Crippen LogP contribution in [0.2, 0.25) is 0 Å². The minimum atomic E-state index is -0.998.